The molecule has 0 aliphatic carbocycles. The molecule has 1 aliphatic heterocycles. The smallest absolute Gasteiger partial charge is 0.256 e. The second-order valence-corrected chi connectivity index (χ2v) is 6.60. The van der Waals surface area contributed by atoms with Crippen LogP contribution in [0, 0.1) is 0 Å². The van der Waals surface area contributed by atoms with E-state index in [0.29, 0.717) is 31.1 Å². The molecule has 1 aliphatic rings. The van der Waals surface area contributed by atoms with Crippen LogP contribution in [0.15, 0.2) is 54.9 Å². The van der Waals surface area contributed by atoms with Crippen molar-refractivity contribution in [3.05, 3.63) is 77.2 Å². The summed E-state index contributed by atoms with van der Waals surface area (Å²) in [6.45, 7) is 1.66. The Bertz CT molecular complexity index is 955. The Balaban J connectivity index is 1.45. The van der Waals surface area contributed by atoms with Gasteiger partial charge in [0.25, 0.3) is 5.91 Å². The molecule has 28 heavy (non-hydrogen) atoms. The zero-order valence-electron chi connectivity index (χ0n) is 15.7. The number of carbonyl (C=O) groups excluding carboxylic acids is 1. The van der Waals surface area contributed by atoms with Crippen molar-refractivity contribution in [3.8, 4) is 5.88 Å². The first kappa shape index (κ1) is 18.2. The molecule has 0 spiro atoms. The number of aromatic nitrogens is 3. The van der Waals surface area contributed by atoms with E-state index in [1.54, 1.807) is 18.3 Å². The Morgan fingerprint density at radius 1 is 1.29 bits per heavy atom. The van der Waals surface area contributed by atoms with E-state index in [2.05, 4.69) is 28.6 Å². The summed E-state index contributed by atoms with van der Waals surface area (Å²) < 4.78 is 13.0. The molecule has 0 saturated carbocycles. The summed E-state index contributed by atoms with van der Waals surface area (Å²) in [6, 6.07) is 13.6. The molecule has 1 N–H and O–H groups in total. The lowest BCUT2D eigenvalue weighted by Crippen LogP contribution is -2.32. The summed E-state index contributed by atoms with van der Waals surface area (Å²) in [5.41, 5.74) is 3.65. The van der Waals surface area contributed by atoms with Gasteiger partial charge in [0, 0.05) is 18.9 Å². The maximum absolute atomic E-state index is 12.5. The zero-order chi connectivity index (χ0) is 19.3. The molecule has 1 amide bonds. The van der Waals surface area contributed by atoms with Gasteiger partial charge >= 0.3 is 0 Å². The largest absolute Gasteiger partial charge is 0.480 e. The minimum atomic E-state index is -0.271. The minimum absolute atomic E-state index is 0.246. The number of hydrogen-bond acceptors (Lipinski definition) is 5. The number of rotatable bonds is 6. The van der Waals surface area contributed by atoms with Gasteiger partial charge in [-0.25, -0.2) is 4.98 Å². The summed E-state index contributed by atoms with van der Waals surface area (Å²) in [6.07, 6.45) is 4.22. The highest BCUT2D eigenvalue weighted by molar-refractivity contribution is 5.96. The number of carbonyl (C=O) groups is 1. The second kappa shape index (κ2) is 8.22. The predicted octanol–water partition coefficient (Wildman–Crippen LogP) is 2.38. The van der Waals surface area contributed by atoms with Crippen LogP contribution in [0.2, 0.25) is 0 Å². The number of methoxy groups -OCH3 is 1. The van der Waals surface area contributed by atoms with Crippen molar-refractivity contribution in [3.63, 3.8) is 0 Å². The standard InChI is InChI=1S/C21H22N4O3/c1-27-21-17(8-5-10-22-21)20(26)23-12-18-19-16(9-11-28-18)14-25(24-19)13-15-6-3-2-4-7-15/h2-8,10,14,18H,9,11-13H2,1H3,(H,23,26). The fraction of sp³-hybridized carbons (Fsp3) is 0.286. The van der Waals surface area contributed by atoms with Crippen LogP contribution in [0.3, 0.4) is 0 Å². The number of hydrogen-bond donors (Lipinski definition) is 1. The van der Waals surface area contributed by atoms with Crippen LogP contribution < -0.4 is 10.1 Å². The van der Waals surface area contributed by atoms with Gasteiger partial charge in [0.05, 0.1) is 26.0 Å². The molecule has 144 valence electrons. The van der Waals surface area contributed by atoms with E-state index in [1.165, 1.54) is 18.2 Å². The number of benzene rings is 1. The average Bonchev–Trinajstić information content (AvgIpc) is 3.15. The third-order valence-electron chi connectivity index (χ3n) is 4.71. The molecular weight excluding hydrogens is 356 g/mol. The Morgan fingerprint density at radius 3 is 2.96 bits per heavy atom. The van der Waals surface area contributed by atoms with Gasteiger partial charge in [0.2, 0.25) is 5.88 Å². The SMILES string of the molecule is COc1ncccc1C(=O)NCC1OCCc2cn(Cc3ccccc3)nc21. The molecule has 7 nitrogen and oxygen atoms in total. The van der Waals surface area contributed by atoms with E-state index in [1.807, 2.05) is 22.9 Å². The van der Waals surface area contributed by atoms with Crippen LogP contribution in [0.5, 0.6) is 5.88 Å². The van der Waals surface area contributed by atoms with E-state index in [-0.39, 0.29) is 12.0 Å². The molecule has 3 aromatic rings. The van der Waals surface area contributed by atoms with E-state index < -0.39 is 0 Å². The van der Waals surface area contributed by atoms with Crippen molar-refractivity contribution in [2.45, 2.75) is 19.1 Å². The van der Waals surface area contributed by atoms with Crippen LogP contribution in [0.1, 0.15) is 33.3 Å². The van der Waals surface area contributed by atoms with E-state index in [4.69, 9.17) is 14.6 Å². The van der Waals surface area contributed by atoms with Crippen molar-refractivity contribution in [1.29, 1.82) is 0 Å². The lowest BCUT2D eigenvalue weighted by molar-refractivity contribution is 0.0383. The highest BCUT2D eigenvalue weighted by Crippen LogP contribution is 2.26. The third-order valence-corrected chi connectivity index (χ3v) is 4.71. The number of fused-ring (bicyclic) bond motifs is 1. The van der Waals surface area contributed by atoms with Gasteiger partial charge in [-0.1, -0.05) is 30.3 Å². The van der Waals surface area contributed by atoms with Crippen molar-refractivity contribution in [2.75, 3.05) is 20.3 Å². The van der Waals surface area contributed by atoms with Crippen molar-refractivity contribution < 1.29 is 14.3 Å². The first-order chi connectivity index (χ1) is 13.7. The molecule has 1 atom stereocenters. The first-order valence-electron chi connectivity index (χ1n) is 9.23. The van der Waals surface area contributed by atoms with Gasteiger partial charge in [-0.15, -0.1) is 0 Å². The highest BCUT2D eigenvalue weighted by Gasteiger charge is 2.26. The Kier molecular flexibility index (Phi) is 5.34. The molecule has 0 radical (unpaired) electrons. The predicted molar refractivity (Wildman–Crippen MR) is 103 cm³/mol. The van der Waals surface area contributed by atoms with Crippen LogP contribution >= 0.6 is 0 Å². The topological polar surface area (TPSA) is 78.3 Å². The number of nitrogens with zero attached hydrogens (tertiary/aromatic N) is 3. The van der Waals surface area contributed by atoms with E-state index in [9.17, 15) is 4.79 Å². The van der Waals surface area contributed by atoms with Crippen molar-refractivity contribution in [2.24, 2.45) is 0 Å². The second-order valence-electron chi connectivity index (χ2n) is 6.60. The highest BCUT2D eigenvalue weighted by atomic mass is 16.5. The summed E-state index contributed by atoms with van der Waals surface area (Å²) >= 11 is 0. The molecule has 0 bridgehead atoms. The van der Waals surface area contributed by atoms with Crippen molar-refractivity contribution >= 4 is 5.91 Å². The van der Waals surface area contributed by atoms with Gasteiger partial charge in [0.1, 0.15) is 11.7 Å². The molecular formula is C21H22N4O3. The molecule has 1 unspecified atom stereocenters. The first-order valence-corrected chi connectivity index (χ1v) is 9.23. The minimum Gasteiger partial charge on any atom is -0.480 e. The number of ether oxygens (including phenoxy) is 2. The molecule has 7 heteroatoms. The molecule has 3 heterocycles. The molecule has 0 fully saturated rings. The summed E-state index contributed by atoms with van der Waals surface area (Å²) in [5, 5.41) is 7.63. The van der Waals surface area contributed by atoms with Gasteiger partial charge < -0.3 is 14.8 Å². The lowest BCUT2D eigenvalue weighted by Gasteiger charge is -2.22. The quantitative estimate of drug-likeness (QED) is 0.713. The van der Waals surface area contributed by atoms with Gasteiger partial charge in [-0.2, -0.15) is 5.10 Å². The maximum Gasteiger partial charge on any atom is 0.256 e. The summed E-state index contributed by atoms with van der Waals surface area (Å²) in [4.78, 5) is 16.6. The fourth-order valence-electron chi connectivity index (χ4n) is 3.35. The average molecular weight is 378 g/mol. The normalized spacial score (nSPS) is 15.7. The molecule has 2 aromatic heterocycles. The zero-order valence-corrected chi connectivity index (χ0v) is 15.7. The number of nitrogens with one attached hydrogen (secondary N) is 1. The Hall–Kier alpha value is -3.19. The van der Waals surface area contributed by atoms with Crippen LogP contribution in [0.4, 0.5) is 0 Å². The third kappa shape index (κ3) is 3.89. The fourth-order valence-corrected chi connectivity index (χ4v) is 3.35. The number of amides is 1. The number of pyridine rings is 1. The van der Waals surface area contributed by atoms with Crippen molar-refractivity contribution in [1.82, 2.24) is 20.1 Å². The Labute approximate surface area is 163 Å². The van der Waals surface area contributed by atoms with E-state index >= 15 is 0 Å². The van der Waals surface area contributed by atoms with Crippen LogP contribution in [-0.4, -0.2) is 40.9 Å². The van der Waals surface area contributed by atoms with E-state index in [0.717, 1.165) is 12.1 Å². The lowest BCUT2D eigenvalue weighted by atomic mass is 10.1. The van der Waals surface area contributed by atoms with Gasteiger partial charge in [0.15, 0.2) is 0 Å². The molecule has 0 saturated heterocycles. The van der Waals surface area contributed by atoms with Crippen LogP contribution in [-0.2, 0) is 17.7 Å². The maximum atomic E-state index is 12.5. The molecule has 1 aromatic carbocycles. The summed E-state index contributed by atoms with van der Waals surface area (Å²) in [5.74, 6) is 0.0572. The molecule has 4 rings (SSSR count). The van der Waals surface area contributed by atoms with Gasteiger partial charge in [-0.05, 0) is 29.7 Å². The van der Waals surface area contributed by atoms with Crippen LogP contribution in [0.25, 0.3) is 0 Å². The van der Waals surface area contributed by atoms with Gasteiger partial charge in [-0.3, -0.25) is 9.48 Å². The Morgan fingerprint density at radius 2 is 2.14 bits per heavy atom. The monoisotopic (exact) mass is 378 g/mol. The summed E-state index contributed by atoms with van der Waals surface area (Å²) in [7, 11) is 1.50.